The maximum Gasteiger partial charge on any atom is 0.255 e. The molecule has 1 amide bonds. The van der Waals surface area contributed by atoms with E-state index in [0.717, 1.165) is 6.54 Å². The monoisotopic (exact) mass is 236 g/mol. The highest BCUT2D eigenvalue weighted by atomic mass is 19.1. The Hall–Kier alpha value is -1.45. The number of hydrogen-bond donors (Lipinski definition) is 0. The predicted molar refractivity (Wildman–Crippen MR) is 63.1 cm³/mol. The van der Waals surface area contributed by atoms with Gasteiger partial charge in [0, 0.05) is 19.8 Å². The number of aromatic nitrogens is 1. The molecule has 1 saturated carbocycles. The SMILES string of the molecule is CN(CC1CCCC1)C(=O)c1ccc(F)nc1. The molecule has 0 aromatic carbocycles. The van der Waals surface area contributed by atoms with Crippen LogP contribution < -0.4 is 0 Å². The lowest BCUT2D eigenvalue weighted by molar-refractivity contribution is 0.0773. The number of pyridine rings is 1. The van der Waals surface area contributed by atoms with Crippen molar-refractivity contribution >= 4 is 5.91 Å². The minimum absolute atomic E-state index is 0.0793. The lowest BCUT2D eigenvalue weighted by Crippen LogP contribution is -2.31. The Bertz CT molecular complexity index is 385. The minimum atomic E-state index is -0.556. The van der Waals surface area contributed by atoms with Gasteiger partial charge in [-0.25, -0.2) is 4.98 Å². The van der Waals surface area contributed by atoms with Gasteiger partial charge in [0.25, 0.3) is 5.91 Å². The average Bonchev–Trinajstić information content (AvgIpc) is 2.82. The summed E-state index contributed by atoms with van der Waals surface area (Å²) in [6.45, 7) is 0.788. The molecular weight excluding hydrogens is 219 g/mol. The van der Waals surface area contributed by atoms with Gasteiger partial charge in [-0.15, -0.1) is 0 Å². The minimum Gasteiger partial charge on any atom is -0.341 e. The summed E-state index contributed by atoms with van der Waals surface area (Å²) in [5.41, 5.74) is 0.451. The number of carbonyl (C=O) groups excluding carboxylic acids is 1. The van der Waals surface area contributed by atoms with Crippen molar-refractivity contribution in [1.29, 1.82) is 0 Å². The van der Waals surface area contributed by atoms with Crippen LogP contribution in [0.3, 0.4) is 0 Å². The van der Waals surface area contributed by atoms with Crippen LogP contribution >= 0.6 is 0 Å². The van der Waals surface area contributed by atoms with Crippen LogP contribution in [-0.4, -0.2) is 29.4 Å². The topological polar surface area (TPSA) is 33.2 Å². The van der Waals surface area contributed by atoms with E-state index < -0.39 is 5.95 Å². The van der Waals surface area contributed by atoms with Gasteiger partial charge in [0.05, 0.1) is 5.56 Å². The molecule has 2 rings (SSSR count). The second kappa shape index (κ2) is 5.25. The van der Waals surface area contributed by atoms with E-state index in [2.05, 4.69) is 4.98 Å². The zero-order chi connectivity index (χ0) is 12.3. The average molecular weight is 236 g/mol. The Labute approximate surface area is 101 Å². The van der Waals surface area contributed by atoms with Crippen molar-refractivity contribution in [1.82, 2.24) is 9.88 Å². The van der Waals surface area contributed by atoms with Gasteiger partial charge in [-0.1, -0.05) is 12.8 Å². The summed E-state index contributed by atoms with van der Waals surface area (Å²) >= 11 is 0. The van der Waals surface area contributed by atoms with Crippen molar-refractivity contribution in [3.63, 3.8) is 0 Å². The summed E-state index contributed by atoms with van der Waals surface area (Å²) in [5, 5.41) is 0. The molecule has 1 aromatic heterocycles. The van der Waals surface area contributed by atoms with Crippen LogP contribution in [0.1, 0.15) is 36.0 Å². The van der Waals surface area contributed by atoms with Crippen molar-refractivity contribution in [3.8, 4) is 0 Å². The molecule has 1 aliphatic rings. The Morgan fingerprint density at radius 3 is 2.76 bits per heavy atom. The third-order valence-electron chi connectivity index (χ3n) is 3.33. The molecule has 1 aliphatic carbocycles. The van der Waals surface area contributed by atoms with Crippen molar-refractivity contribution in [2.45, 2.75) is 25.7 Å². The third-order valence-corrected chi connectivity index (χ3v) is 3.33. The lowest BCUT2D eigenvalue weighted by atomic mass is 10.1. The smallest absolute Gasteiger partial charge is 0.255 e. The summed E-state index contributed by atoms with van der Waals surface area (Å²) in [5.74, 6) is -0.0123. The lowest BCUT2D eigenvalue weighted by Gasteiger charge is -2.20. The molecule has 4 heteroatoms. The van der Waals surface area contributed by atoms with Crippen molar-refractivity contribution in [3.05, 3.63) is 29.8 Å². The number of carbonyl (C=O) groups is 1. The van der Waals surface area contributed by atoms with Crippen LogP contribution in [-0.2, 0) is 0 Å². The van der Waals surface area contributed by atoms with Crippen LogP contribution in [0.2, 0.25) is 0 Å². The fraction of sp³-hybridized carbons (Fsp3) is 0.538. The molecule has 17 heavy (non-hydrogen) atoms. The van der Waals surface area contributed by atoms with Crippen LogP contribution in [0.4, 0.5) is 4.39 Å². The summed E-state index contributed by atoms with van der Waals surface area (Å²) in [6, 6.07) is 2.70. The van der Waals surface area contributed by atoms with E-state index >= 15 is 0 Å². The molecular formula is C13H17FN2O. The van der Waals surface area contributed by atoms with E-state index in [1.54, 1.807) is 11.9 Å². The van der Waals surface area contributed by atoms with Crippen LogP contribution in [0.25, 0.3) is 0 Å². The predicted octanol–water partition coefficient (Wildman–Crippen LogP) is 2.48. The first-order chi connectivity index (χ1) is 8.16. The third kappa shape index (κ3) is 3.02. The van der Waals surface area contributed by atoms with Crippen molar-refractivity contribution in [2.75, 3.05) is 13.6 Å². The Morgan fingerprint density at radius 1 is 1.47 bits per heavy atom. The zero-order valence-electron chi connectivity index (χ0n) is 10.0. The summed E-state index contributed by atoms with van der Waals surface area (Å²) < 4.78 is 12.6. The summed E-state index contributed by atoms with van der Waals surface area (Å²) in [7, 11) is 1.80. The summed E-state index contributed by atoms with van der Waals surface area (Å²) in [6.07, 6.45) is 6.25. The molecule has 0 radical (unpaired) electrons. The Kier molecular flexibility index (Phi) is 3.71. The fourth-order valence-electron chi connectivity index (χ4n) is 2.39. The molecule has 92 valence electrons. The van der Waals surface area contributed by atoms with Gasteiger partial charge in [0.1, 0.15) is 0 Å². The highest BCUT2D eigenvalue weighted by Crippen LogP contribution is 2.25. The Morgan fingerprint density at radius 2 is 2.18 bits per heavy atom. The number of rotatable bonds is 3. The Balaban J connectivity index is 1.96. The molecule has 1 heterocycles. The first kappa shape index (κ1) is 12.0. The zero-order valence-corrected chi connectivity index (χ0v) is 10.0. The number of nitrogens with zero attached hydrogens (tertiary/aromatic N) is 2. The first-order valence-corrected chi connectivity index (χ1v) is 6.04. The van der Waals surface area contributed by atoms with Gasteiger partial charge in [-0.2, -0.15) is 4.39 Å². The maximum absolute atomic E-state index is 12.6. The van der Waals surface area contributed by atoms with Crippen LogP contribution in [0.15, 0.2) is 18.3 Å². The van der Waals surface area contributed by atoms with Crippen molar-refractivity contribution < 1.29 is 9.18 Å². The summed E-state index contributed by atoms with van der Waals surface area (Å²) in [4.78, 5) is 17.2. The molecule has 0 aliphatic heterocycles. The van der Waals surface area contributed by atoms with Crippen LogP contribution in [0, 0.1) is 11.9 Å². The largest absolute Gasteiger partial charge is 0.341 e. The van der Waals surface area contributed by atoms with E-state index in [4.69, 9.17) is 0 Å². The second-order valence-electron chi connectivity index (χ2n) is 4.71. The number of amides is 1. The molecule has 0 spiro atoms. The van der Waals surface area contributed by atoms with E-state index in [-0.39, 0.29) is 5.91 Å². The van der Waals surface area contributed by atoms with Gasteiger partial charge in [0.2, 0.25) is 5.95 Å². The molecule has 0 saturated heterocycles. The molecule has 0 N–H and O–H groups in total. The van der Waals surface area contributed by atoms with Crippen molar-refractivity contribution in [2.24, 2.45) is 5.92 Å². The van der Waals surface area contributed by atoms with Gasteiger partial charge < -0.3 is 4.90 Å². The van der Waals surface area contributed by atoms with E-state index in [1.807, 2.05) is 0 Å². The van der Waals surface area contributed by atoms with Gasteiger partial charge in [0.15, 0.2) is 0 Å². The highest BCUT2D eigenvalue weighted by Gasteiger charge is 2.20. The standard InChI is InChI=1S/C13H17FN2O/c1-16(9-10-4-2-3-5-10)13(17)11-6-7-12(14)15-8-11/h6-8,10H,2-5,9H2,1H3. The highest BCUT2D eigenvalue weighted by molar-refractivity contribution is 5.93. The molecule has 1 fully saturated rings. The normalized spacial score (nSPS) is 16.1. The molecule has 0 unspecified atom stereocenters. The number of halogens is 1. The molecule has 1 aromatic rings. The van der Waals surface area contributed by atoms with Crippen LogP contribution in [0.5, 0.6) is 0 Å². The second-order valence-corrected chi connectivity index (χ2v) is 4.71. The fourth-order valence-corrected chi connectivity index (χ4v) is 2.39. The van der Waals surface area contributed by atoms with E-state index in [9.17, 15) is 9.18 Å². The quantitative estimate of drug-likeness (QED) is 0.755. The number of hydrogen-bond acceptors (Lipinski definition) is 2. The van der Waals surface area contributed by atoms with E-state index in [1.165, 1.54) is 44.0 Å². The van der Waals surface area contributed by atoms with Gasteiger partial charge in [-0.3, -0.25) is 4.79 Å². The molecule has 0 bridgehead atoms. The maximum atomic E-state index is 12.6. The van der Waals surface area contributed by atoms with Gasteiger partial charge in [-0.05, 0) is 30.9 Å². The molecule has 0 atom stereocenters. The van der Waals surface area contributed by atoms with Gasteiger partial charge >= 0.3 is 0 Å². The molecule has 3 nitrogen and oxygen atoms in total. The first-order valence-electron chi connectivity index (χ1n) is 6.04. The van der Waals surface area contributed by atoms with E-state index in [0.29, 0.717) is 11.5 Å².